The highest BCUT2D eigenvalue weighted by Gasteiger charge is 2.23. The highest BCUT2D eigenvalue weighted by atomic mass is 19.2. The lowest BCUT2D eigenvalue weighted by Crippen LogP contribution is -2.21. The maximum Gasteiger partial charge on any atom is 0.330 e. The van der Waals surface area contributed by atoms with Crippen molar-refractivity contribution in [1.29, 1.82) is 0 Å². The van der Waals surface area contributed by atoms with E-state index in [2.05, 4.69) is 5.32 Å². The van der Waals surface area contributed by atoms with E-state index in [1.807, 2.05) is 13.0 Å². The fourth-order valence-electron chi connectivity index (χ4n) is 1.93. The van der Waals surface area contributed by atoms with E-state index in [4.69, 9.17) is 0 Å². The molecule has 0 radical (unpaired) electrons. The first-order valence-corrected chi connectivity index (χ1v) is 6.09. The molecule has 0 saturated heterocycles. The molecule has 110 valence electrons. The second kappa shape index (κ2) is 5.87. The van der Waals surface area contributed by atoms with Gasteiger partial charge in [0, 0.05) is 5.69 Å². The molecule has 3 nitrogen and oxygen atoms in total. The summed E-state index contributed by atoms with van der Waals surface area (Å²) in [5, 5.41) is 11.9. The molecule has 2 aromatic carbocycles. The molecular weight excluding hydrogens is 283 g/mol. The number of hydrogen-bond acceptors (Lipinski definition) is 2. The van der Waals surface area contributed by atoms with Crippen LogP contribution in [0.2, 0.25) is 0 Å². The van der Waals surface area contributed by atoms with Gasteiger partial charge in [-0.05, 0) is 42.3 Å². The van der Waals surface area contributed by atoms with E-state index in [-0.39, 0.29) is 5.56 Å². The molecule has 0 amide bonds. The lowest BCUT2D eigenvalue weighted by Gasteiger charge is -2.17. The summed E-state index contributed by atoms with van der Waals surface area (Å²) in [5.41, 5.74) is 1.16. The number of carboxylic acid groups (broad SMARTS) is 1. The Balaban J connectivity index is 2.38. The van der Waals surface area contributed by atoms with Gasteiger partial charge < -0.3 is 10.4 Å². The van der Waals surface area contributed by atoms with Crippen molar-refractivity contribution in [2.75, 3.05) is 5.32 Å². The van der Waals surface area contributed by atoms with Crippen molar-refractivity contribution >= 4 is 11.7 Å². The molecule has 2 rings (SSSR count). The summed E-state index contributed by atoms with van der Waals surface area (Å²) in [6.07, 6.45) is 0. The first-order valence-electron chi connectivity index (χ1n) is 6.09. The van der Waals surface area contributed by atoms with Gasteiger partial charge in [-0.15, -0.1) is 0 Å². The summed E-state index contributed by atoms with van der Waals surface area (Å²) in [6, 6.07) is 6.78. The van der Waals surface area contributed by atoms with E-state index in [1.165, 1.54) is 0 Å². The van der Waals surface area contributed by atoms with E-state index in [9.17, 15) is 23.1 Å². The normalized spacial score (nSPS) is 12.0. The second-order valence-corrected chi connectivity index (χ2v) is 4.58. The summed E-state index contributed by atoms with van der Waals surface area (Å²) in [6.45, 7) is 1.82. The van der Waals surface area contributed by atoms with Crippen LogP contribution < -0.4 is 5.32 Å². The van der Waals surface area contributed by atoms with Crippen LogP contribution in [0.25, 0.3) is 0 Å². The quantitative estimate of drug-likeness (QED) is 0.846. The molecule has 1 atom stereocenters. The van der Waals surface area contributed by atoms with Crippen molar-refractivity contribution in [3.8, 4) is 0 Å². The van der Waals surface area contributed by atoms with Crippen LogP contribution in [0.4, 0.5) is 18.9 Å². The molecule has 0 spiro atoms. The number of nitrogens with one attached hydrogen (secondary N) is 1. The van der Waals surface area contributed by atoms with Gasteiger partial charge in [-0.1, -0.05) is 12.1 Å². The zero-order valence-electron chi connectivity index (χ0n) is 11.0. The van der Waals surface area contributed by atoms with E-state index < -0.39 is 29.5 Å². The Bertz CT molecular complexity index is 665. The summed E-state index contributed by atoms with van der Waals surface area (Å²) in [5.74, 6) is -5.81. The van der Waals surface area contributed by atoms with Crippen LogP contribution in [0.3, 0.4) is 0 Å². The third-order valence-electron chi connectivity index (χ3n) is 2.92. The monoisotopic (exact) mass is 295 g/mol. The largest absolute Gasteiger partial charge is 0.479 e. The number of rotatable bonds is 4. The zero-order valence-corrected chi connectivity index (χ0v) is 11.0. The molecule has 0 fully saturated rings. The minimum Gasteiger partial charge on any atom is -0.479 e. The molecule has 0 aliphatic carbocycles. The molecule has 0 aliphatic heterocycles. The molecule has 0 saturated carbocycles. The van der Waals surface area contributed by atoms with Crippen molar-refractivity contribution in [2.45, 2.75) is 13.0 Å². The summed E-state index contributed by atoms with van der Waals surface area (Å²) in [4.78, 5) is 11.3. The molecule has 1 unspecified atom stereocenters. The van der Waals surface area contributed by atoms with Gasteiger partial charge in [-0.2, -0.15) is 0 Å². The van der Waals surface area contributed by atoms with Crippen LogP contribution in [-0.4, -0.2) is 11.1 Å². The van der Waals surface area contributed by atoms with E-state index in [1.54, 1.807) is 18.2 Å². The van der Waals surface area contributed by atoms with Crippen molar-refractivity contribution in [3.05, 3.63) is 65.0 Å². The van der Waals surface area contributed by atoms with Crippen LogP contribution in [0.15, 0.2) is 36.4 Å². The van der Waals surface area contributed by atoms with Gasteiger partial charge >= 0.3 is 5.97 Å². The van der Waals surface area contributed by atoms with Crippen LogP contribution in [0.1, 0.15) is 17.2 Å². The fourth-order valence-corrected chi connectivity index (χ4v) is 1.93. The molecule has 2 N–H and O–H groups in total. The summed E-state index contributed by atoms with van der Waals surface area (Å²) in [7, 11) is 0. The topological polar surface area (TPSA) is 49.3 Å². The average Bonchev–Trinajstić information content (AvgIpc) is 2.41. The summed E-state index contributed by atoms with van der Waals surface area (Å²) < 4.78 is 39.4. The number of halogens is 3. The molecular formula is C15H12F3NO2. The number of aryl methyl sites for hydroxylation is 1. The maximum atomic E-state index is 13.2. The predicted molar refractivity (Wildman–Crippen MR) is 71.5 cm³/mol. The molecule has 0 bridgehead atoms. The van der Waals surface area contributed by atoms with Gasteiger partial charge in [-0.3, -0.25) is 0 Å². The second-order valence-electron chi connectivity index (χ2n) is 4.58. The molecule has 0 heterocycles. The zero-order chi connectivity index (χ0) is 15.6. The minimum absolute atomic E-state index is 0.208. The van der Waals surface area contributed by atoms with E-state index >= 15 is 0 Å². The number of hydrogen-bond donors (Lipinski definition) is 2. The standard InChI is InChI=1S/C15H12F3NO2/c1-8-3-2-4-10(5-8)19-14(15(20)21)9-6-11(16)13(18)12(17)7-9/h2-7,14,19H,1H3,(H,20,21). The Hall–Kier alpha value is -2.50. The Labute approximate surface area is 119 Å². The average molecular weight is 295 g/mol. The van der Waals surface area contributed by atoms with Crippen LogP contribution >= 0.6 is 0 Å². The predicted octanol–water partition coefficient (Wildman–Crippen LogP) is 3.65. The van der Waals surface area contributed by atoms with Crippen LogP contribution in [0.5, 0.6) is 0 Å². The number of carboxylic acids is 1. The number of anilines is 1. The molecule has 2 aromatic rings. The van der Waals surface area contributed by atoms with Crippen molar-refractivity contribution in [2.24, 2.45) is 0 Å². The highest BCUT2D eigenvalue weighted by Crippen LogP contribution is 2.24. The first-order chi connectivity index (χ1) is 9.88. The van der Waals surface area contributed by atoms with Crippen molar-refractivity contribution < 1.29 is 23.1 Å². The van der Waals surface area contributed by atoms with Gasteiger partial charge in [0.05, 0.1) is 0 Å². The van der Waals surface area contributed by atoms with Gasteiger partial charge in [0.25, 0.3) is 0 Å². The third kappa shape index (κ3) is 3.34. The van der Waals surface area contributed by atoms with Crippen LogP contribution in [-0.2, 0) is 4.79 Å². The summed E-state index contributed by atoms with van der Waals surface area (Å²) >= 11 is 0. The van der Waals surface area contributed by atoms with Gasteiger partial charge in [0.1, 0.15) is 0 Å². The third-order valence-corrected chi connectivity index (χ3v) is 2.92. The maximum absolute atomic E-state index is 13.2. The lowest BCUT2D eigenvalue weighted by atomic mass is 10.1. The SMILES string of the molecule is Cc1cccc(NC(C(=O)O)c2cc(F)c(F)c(F)c2)c1. The van der Waals surface area contributed by atoms with Gasteiger partial charge in [0.2, 0.25) is 0 Å². The Morgan fingerprint density at radius 1 is 1.14 bits per heavy atom. The van der Waals surface area contributed by atoms with Crippen molar-refractivity contribution in [1.82, 2.24) is 0 Å². The number of benzene rings is 2. The Morgan fingerprint density at radius 2 is 1.76 bits per heavy atom. The Kier molecular flexibility index (Phi) is 4.16. The van der Waals surface area contributed by atoms with E-state index in [0.717, 1.165) is 5.56 Å². The first kappa shape index (κ1) is 14.9. The fraction of sp³-hybridized carbons (Fsp3) is 0.133. The lowest BCUT2D eigenvalue weighted by molar-refractivity contribution is -0.138. The van der Waals surface area contributed by atoms with Crippen molar-refractivity contribution in [3.63, 3.8) is 0 Å². The number of carbonyl (C=O) groups is 1. The van der Waals surface area contributed by atoms with Gasteiger partial charge in [-0.25, -0.2) is 18.0 Å². The molecule has 0 aliphatic rings. The molecule has 0 aromatic heterocycles. The molecule has 21 heavy (non-hydrogen) atoms. The minimum atomic E-state index is -1.63. The van der Waals surface area contributed by atoms with Crippen LogP contribution in [0, 0.1) is 24.4 Å². The van der Waals surface area contributed by atoms with E-state index in [0.29, 0.717) is 17.8 Å². The highest BCUT2D eigenvalue weighted by molar-refractivity contribution is 5.79. The molecule has 6 heteroatoms. The smallest absolute Gasteiger partial charge is 0.330 e. The number of aliphatic carboxylic acids is 1. The van der Waals surface area contributed by atoms with Gasteiger partial charge in [0.15, 0.2) is 23.5 Å². The Morgan fingerprint density at radius 3 is 2.29 bits per heavy atom.